The highest BCUT2D eigenvalue weighted by Gasteiger charge is 2.37. The van der Waals surface area contributed by atoms with Crippen LogP contribution in [-0.4, -0.2) is 11.6 Å². The van der Waals surface area contributed by atoms with Crippen molar-refractivity contribution < 1.29 is 9.59 Å². The van der Waals surface area contributed by atoms with Crippen LogP contribution in [0, 0.1) is 0 Å². The van der Waals surface area contributed by atoms with E-state index in [0.717, 1.165) is 22.3 Å². The number of rotatable bonds is 12. The second kappa shape index (κ2) is 14.1. The maximum Gasteiger partial charge on any atom is 0.198 e. The molecule has 0 atom stereocenters. The van der Waals surface area contributed by atoms with E-state index in [1.807, 2.05) is 146 Å². The fourth-order valence-corrected chi connectivity index (χ4v) is 6.16. The number of hydrogen-bond acceptors (Lipinski definition) is 6. The molecule has 1 aliphatic carbocycles. The van der Waals surface area contributed by atoms with Crippen LogP contribution < -0.4 is 21.3 Å². The molecule has 0 heterocycles. The molecule has 0 saturated heterocycles. The summed E-state index contributed by atoms with van der Waals surface area (Å²) in [5.74, 6) is -0.394. The van der Waals surface area contributed by atoms with Gasteiger partial charge in [0.2, 0.25) is 0 Å². The zero-order chi connectivity index (χ0) is 32.7. The predicted octanol–water partition coefficient (Wildman–Crippen LogP) is 8.91. The Morgan fingerprint density at radius 1 is 0.292 bits per heavy atom. The Bertz CT molecular complexity index is 1750. The van der Waals surface area contributed by atoms with Gasteiger partial charge in [0.05, 0.1) is 22.3 Å². The second-order valence-corrected chi connectivity index (χ2v) is 11.8. The normalized spacial score (nSPS) is 11.8. The van der Waals surface area contributed by atoms with Crippen molar-refractivity contribution in [2.24, 2.45) is 0 Å². The first kappa shape index (κ1) is 30.5. The monoisotopic (exact) mass is 628 g/mol. The number of fused-ring (bicyclic) bond motifs is 2. The summed E-state index contributed by atoms with van der Waals surface area (Å²) < 4.78 is 0. The van der Waals surface area contributed by atoms with Crippen LogP contribution >= 0.6 is 0 Å². The molecule has 1 aliphatic rings. The average Bonchev–Trinajstić information content (AvgIpc) is 3.15. The van der Waals surface area contributed by atoms with Gasteiger partial charge < -0.3 is 21.3 Å². The van der Waals surface area contributed by atoms with Crippen LogP contribution in [0.1, 0.15) is 54.1 Å². The van der Waals surface area contributed by atoms with Gasteiger partial charge in [-0.15, -0.1) is 0 Å². The highest BCUT2D eigenvalue weighted by molar-refractivity contribution is 6.35. The van der Waals surface area contributed by atoms with Gasteiger partial charge in [0.1, 0.15) is 0 Å². The summed E-state index contributed by atoms with van der Waals surface area (Å²) in [5.41, 5.74) is 8.31. The Hall–Kier alpha value is -6.14. The van der Waals surface area contributed by atoms with Crippen molar-refractivity contribution >= 4 is 34.3 Å². The molecule has 0 amide bonds. The molecular weight excluding hydrogens is 592 g/mol. The average molecular weight is 629 g/mol. The summed E-state index contributed by atoms with van der Waals surface area (Å²) in [7, 11) is 0. The molecule has 0 fully saturated rings. The van der Waals surface area contributed by atoms with Gasteiger partial charge in [-0.25, -0.2) is 0 Å². The van der Waals surface area contributed by atoms with Gasteiger partial charge in [-0.05, 0) is 46.5 Å². The topological polar surface area (TPSA) is 82.3 Å². The Morgan fingerprint density at radius 2 is 0.500 bits per heavy atom. The number of benzene rings is 6. The van der Waals surface area contributed by atoms with E-state index in [0.29, 0.717) is 71.2 Å². The number of hydrogen-bond donors (Lipinski definition) is 4. The molecule has 0 aromatic heterocycles. The Morgan fingerprint density at radius 3 is 0.708 bits per heavy atom. The lowest BCUT2D eigenvalue weighted by molar-refractivity contribution is 0.0981. The molecule has 236 valence electrons. The maximum absolute atomic E-state index is 14.9. The summed E-state index contributed by atoms with van der Waals surface area (Å²) >= 11 is 0. The molecule has 0 spiro atoms. The Balaban J connectivity index is 1.32. The number of carbonyl (C=O) groups excluding carboxylic acids is 2. The second-order valence-electron chi connectivity index (χ2n) is 11.8. The lowest BCUT2D eigenvalue weighted by Crippen LogP contribution is -2.27. The number of ketones is 2. The van der Waals surface area contributed by atoms with Gasteiger partial charge in [-0.2, -0.15) is 0 Å². The molecule has 7 rings (SSSR count). The van der Waals surface area contributed by atoms with Crippen molar-refractivity contribution in [1.29, 1.82) is 0 Å². The quantitative estimate of drug-likeness (QED) is 0.108. The van der Waals surface area contributed by atoms with Crippen LogP contribution in [0.25, 0.3) is 0 Å². The largest absolute Gasteiger partial charge is 0.380 e. The zero-order valence-corrected chi connectivity index (χ0v) is 26.5. The number of nitrogens with one attached hydrogen (secondary N) is 4. The summed E-state index contributed by atoms with van der Waals surface area (Å²) in [6.07, 6.45) is 0. The highest BCUT2D eigenvalue weighted by Crippen LogP contribution is 2.42. The molecule has 4 N–H and O–H groups in total. The van der Waals surface area contributed by atoms with E-state index >= 15 is 0 Å². The molecule has 6 nitrogen and oxygen atoms in total. The molecule has 0 aliphatic heterocycles. The standard InChI is InChI=1S/C42H36N4O2/c47-41-37-33(43-25-29-13-5-1-6-14-29)21-22-34(44-26-30-15-7-2-8-16-30)38(37)42(48)40-36(46-28-32-19-11-4-12-20-32)24-23-35(39(40)41)45-27-31-17-9-3-10-18-31/h1-24,43-46H,25-28H2. The minimum absolute atomic E-state index is 0.197. The van der Waals surface area contributed by atoms with E-state index < -0.39 is 0 Å². The number of anilines is 4. The summed E-state index contributed by atoms with van der Waals surface area (Å²) in [5, 5.41) is 13.9. The lowest BCUT2D eigenvalue weighted by atomic mass is 9.80. The van der Waals surface area contributed by atoms with E-state index in [4.69, 9.17) is 0 Å². The predicted molar refractivity (Wildman–Crippen MR) is 195 cm³/mol. The van der Waals surface area contributed by atoms with E-state index in [9.17, 15) is 9.59 Å². The Kier molecular flexibility index (Phi) is 8.96. The number of carbonyl (C=O) groups is 2. The third-order valence-corrected chi connectivity index (χ3v) is 8.62. The Labute approximate surface area is 280 Å². The molecule has 0 unspecified atom stereocenters. The molecule has 0 radical (unpaired) electrons. The van der Waals surface area contributed by atoms with Crippen LogP contribution in [0.15, 0.2) is 146 Å². The summed E-state index contributed by atoms with van der Waals surface area (Å²) in [4.78, 5) is 29.8. The first-order valence-electron chi connectivity index (χ1n) is 16.2. The smallest absolute Gasteiger partial charge is 0.198 e. The van der Waals surface area contributed by atoms with Crippen molar-refractivity contribution in [2.45, 2.75) is 26.2 Å². The van der Waals surface area contributed by atoms with Gasteiger partial charge in [0, 0.05) is 48.9 Å². The molecule has 6 aromatic rings. The highest BCUT2D eigenvalue weighted by atomic mass is 16.1. The van der Waals surface area contributed by atoms with Crippen LogP contribution in [-0.2, 0) is 26.2 Å². The van der Waals surface area contributed by atoms with E-state index in [1.165, 1.54) is 0 Å². The maximum atomic E-state index is 14.9. The van der Waals surface area contributed by atoms with Gasteiger partial charge in [-0.3, -0.25) is 9.59 Å². The summed E-state index contributed by atoms with van der Waals surface area (Å²) in [6.45, 7) is 2.04. The van der Waals surface area contributed by atoms with Crippen molar-refractivity contribution in [2.75, 3.05) is 21.3 Å². The third-order valence-electron chi connectivity index (χ3n) is 8.62. The van der Waals surface area contributed by atoms with Crippen LogP contribution in [0.2, 0.25) is 0 Å². The fraction of sp³-hybridized carbons (Fsp3) is 0.0952. The SMILES string of the molecule is O=C1c2c(NCc3ccccc3)ccc(NCc3ccccc3)c2C(=O)c2c(NCc3ccccc3)ccc(NCc3ccccc3)c21. The molecule has 48 heavy (non-hydrogen) atoms. The molecule has 6 heteroatoms. The van der Waals surface area contributed by atoms with Gasteiger partial charge >= 0.3 is 0 Å². The molecule has 6 aromatic carbocycles. The van der Waals surface area contributed by atoms with Crippen molar-refractivity contribution in [3.8, 4) is 0 Å². The van der Waals surface area contributed by atoms with Gasteiger partial charge in [-0.1, -0.05) is 121 Å². The fourth-order valence-electron chi connectivity index (χ4n) is 6.16. The zero-order valence-electron chi connectivity index (χ0n) is 26.5. The minimum Gasteiger partial charge on any atom is -0.380 e. The van der Waals surface area contributed by atoms with Crippen LogP contribution in [0.4, 0.5) is 22.7 Å². The lowest BCUT2D eigenvalue weighted by Gasteiger charge is -2.27. The van der Waals surface area contributed by atoms with E-state index in [2.05, 4.69) is 21.3 Å². The molecule has 0 bridgehead atoms. The van der Waals surface area contributed by atoms with Crippen molar-refractivity contribution in [3.05, 3.63) is 190 Å². The molecule has 0 saturated carbocycles. The van der Waals surface area contributed by atoms with Crippen LogP contribution in [0.3, 0.4) is 0 Å². The van der Waals surface area contributed by atoms with Crippen LogP contribution in [0.5, 0.6) is 0 Å². The molecular formula is C42H36N4O2. The third kappa shape index (κ3) is 6.55. The van der Waals surface area contributed by atoms with Crippen molar-refractivity contribution in [1.82, 2.24) is 0 Å². The van der Waals surface area contributed by atoms with Gasteiger partial charge in [0.15, 0.2) is 11.6 Å². The summed E-state index contributed by atoms with van der Waals surface area (Å²) in [6, 6.07) is 47.7. The van der Waals surface area contributed by atoms with Gasteiger partial charge in [0.25, 0.3) is 0 Å². The van der Waals surface area contributed by atoms with E-state index in [-0.39, 0.29) is 11.6 Å². The van der Waals surface area contributed by atoms with E-state index in [1.54, 1.807) is 0 Å². The first-order chi connectivity index (χ1) is 23.7. The first-order valence-corrected chi connectivity index (χ1v) is 16.2. The minimum atomic E-state index is -0.197. The van der Waals surface area contributed by atoms with Crippen molar-refractivity contribution in [3.63, 3.8) is 0 Å².